The van der Waals surface area contributed by atoms with Gasteiger partial charge in [-0.2, -0.15) is 0 Å². The molecule has 0 aliphatic heterocycles. The Morgan fingerprint density at radius 2 is 1.90 bits per heavy atom. The first kappa shape index (κ1) is 15.3. The smallest absolute Gasteiger partial charge is 0.305 e. The number of benzene rings is 1. The molecule has 1 amide bonds. The zero-order valence-electron chi connectivity index (χ0n) is 11.2. The first-order valence-electron chi connectivity index (χ1n) is 6.77. The van der Waals surface area contributed by atoms with Gasteiger partial charge >= 0.3 is 5.97 Å². The van der Waals surface area contributed by atoms with Gasteiger partial charge in [-0.05, 0) is 47.1 Å². The van der Waals surface area contributed by atoms with Gasteiger partial charge in [0.15, 0.2) is 0 Å². The largest absolute Gasteiger partial charge is 0.481 e. The Morgan fingerprint density at radius 3 is 2.50 bits per heavy atom. The van der Waals surface area contributed by atoms with Crippen molar-refractivity contribution in [3.8, 4) is 0 Å². The number of amides is 1. The highest BCUT2D eigenvalue weighted by Gasteiger charge is 2.37. The van der Waals surface area contributed by atoms with E-state index in [-0.39, 0.29) is 12.3 Å². The van der Waals surface area contributed by atoms with E-state index in [0.29, 0.717) is 6.42 Å². The molecular formula is C15H18INO3. The maximum atomic E-state index is 12.2. The van der Waals surface area contributed by atoms with Crippen molar-refractivity contribution in [3.63, 3.8) is 0 Å². The SMILES string of the molecule is O=C(O)CC1(NC(=O)Cc2ccccc2I)CCCC1. The monoisotopic (exact) mass is 387 g/mol. The van der Waals surface area contributed by atoms with E-state index >= 15 is 0 Å². The summed E-state index contributed by atoms with van der Waals surface area (Å²) in [4.78, 5) is 23.2. The molecule has 0 bridgehead atoms. The van der Waals surface area contributed by atoms with Gasteiger partial charge in [-0.1, -0.05) is 31.0 Å². The highest BCUT2D eigenvalue weighted by atomic mass is 127. The fourth-order valence-electron chi connectivity index (χ4n) is 2.84. The van der Waals surface area contributed by atoms with E-state index in [0.717, 1.165) is 34.8 Å². The molecule has 0 unspecified atom stereocenters. The summed E-state index contributed by atoms with van der Waals surface area (Å²) < 4.78 is 1.05. The van der Waals surface area contributed by atoms with Gasteiger partial charge in [0.25, 0.3) is 0 Å². The Balaban J connectivity index is 2.02. The summed E-state index contributed by atoms with van der Waals surface area (Å²) in [5.74, 6) is -0.932. The Bertz CT molecular complexity index is 510. The van der Waals surface area contributed by atoms with Crippen molar-refractivity contribution >= 4 is 34.5 Å². The minimum atomic E-state index is -0.846. The van der Waals surface area contributed by atoms with Crippen LogP contribution in [0, 0.1) is 3.57 Å². The van der Waals surface area contributed by atoms with Crippen molar-refractivity contribution in [2.45, 2.75) is 44.1 Å². The summed E-state index contributed by atoms with van der Waals surface area (Å²) in [6, 6.07) is 7.74. The van der Waals surface area contributed by atoms with Crippen LogP contribution in [0.3, 0.4) is 0 Å². The van der Waals surface area contributed by atoms with Crippen LogP contribution < -0.4 is 5.32 Å². The molecule has 1 saturated carbocycles. The number of halogens is 1. The Kier molecular flexibility index (Phi) is 5.01. The summed E-state index contributed by atoms with van der Waals surface area (Å²) in [6.07, 6.45) is 3.81. The Hall–Kier alpha value is -1.11. The van der Waals surface area contributed by atoms with Crippen molar-refractivity contribution < 1.29 is 14.7 Å². The topological polar surface area (TPSA) is 66.4 Å². The van der Waals surface area contributed by atoms with Crippen LogP contribution in [-0.2, 0) is 16.0 Å². The van der Waals surface area contributed by atoms with E-state index in [1.807, 2.05) is 24.3 Å². The molecule has 5 heteroatoms. The van der Waals surface area contributed by atoms with Crippen LogP contribution in [0.1, 0.15) is 37.7 Å². The fourth-order valence-corrected chi connectivity index (χ4v) is 3.42. The van der Waals surface area contributed by atoms with Crippen molar-refractivity contribution in [1.82, 2.24) is 5.32 Å². The van der Waals surface area contributed by atoms with Gasteiger partial charge in [0.2, 0.25) is 5.91 Å². The molecule has 0 saturated heterocycles. The molecule has 108 valence electrons. The lowest BCUT2D eigenvalue weighted by molar-refractivity contribution is -0.139. The maximum absolute atomic E-state index is 12.2. The van der Waals surface area contributed by atoms with Gasteiger partial charge in [0.1, 0.15) is 0 Å². The van der Waals surface area contributed by atoms with Gasteiger partial charge < -0.3 is 10.4 Å². The fraction of sp³-hybridized carbons (Fsp3) is 0.467. The van der Waals surface area contributed by atoms with Crippen LogP contribution >= 0.6 is 22.6 Å². The highest BCUT2D eigenvalue weighted by molar-refractivity contribution is 14.1. The summed E-state index contributed by atoms with van der Waals surface area (Å²) in [6.45, 7) is 0. The summed E-state index contributed by atoms with van der Waals surface area (Å²) in [5.41, 5.74) is 0.442. The molecule has 2 N–H and O–H groups in total. The molecule has 1 aromatic carbocycles. The van der Waals surface area contributed by atoms with Crippen molar-refractivity contribution in [2.75, 3.05) is 0 Å². The van der Waals surface area contributed by atoms with E-state index in [1.54, 1.807) is 0 Å². The molecule has 2 rings (SSSR count). The van der Waals surface area contributed by atoms with Crippen LogP contribution in [0.2, 0.25) is 0 Å². The minimum absolute atomic E-state index is 0.0185. The molecule has 0 atom stereocenters. The Morgan fingerprint density at radius 1 is 1.25 bits per heavy atom. The molecule has 0 aromatic heterocycles. The molecule has 0 spiro atoms. The van der Waals surface area contributed by atoms with Crippen LogP contribution in [-0.4, -0.2) is 22.5 Å². The molecule has 1 aliphatic carbocycles. The number of hydrogen-bond acceptors (Lipinski definition) is 2. The van der Waals surface area contributed by atoms with E-state index in [1.165, 1.54) is 0 Å². The molecule has 4 nitrogen and oxygen atoms in total. The van der Waals surface area contributed by atoms with Gasteiger partial charge in [-0.25, -0.2) is 0 Å². The lowest BCUT2D eigenvalue weighted by Gasteiger charge is -2.28. The van der Waals surface area contributed by atoms with Crippen LogP contribution in [0.25, 0.3) is 0 Å². The lowest BCUT2D eigenvalue weighted by Crippen LogP contribution is -2.48. The van der Waals surface area contributed by atoms with Crippen LogP contribution in [0.4, 0.5) is 0 Å². The van der Waals surface area contributed by atoms with Gasteiger partial charge in [-0.15, -0.1) is 0 Å². The predicted octanol–water partition coefficient (Wildman–Crippen LogP) is 2.74. The second kappa shape index (κ2) is 6.56. The van der Waals surface area contributed by atoms with Crippen LogP contribution in [0.5, 0.6) is 0 Å². The van der Waals surface area contributed by atoms with Gasteiger partial charge in [0.05, 0.1) is 18.4 Å². The zero-order valence-corrected chi connectivity index (χ0v) is 13.4. The van der Waals surface area contributed by atoms with Gasteiger partial charge in [0, 0.05) is 3.57 Å². The number of nitrogens with one attached hydrogen (secondary N) is 1. The third-order valence-electron chi connectivity index (χ3n) is 3.76. The number of aliphatic carboxylic acids is 1. The van der Waals surface area contributed by atoms with Crippen molar-refractivity contribution in [1.29, 1.82) is 0 Å². The Labute approximate surface area is 132 Å². The van der Waals surface area contributed by atoms with E-state index in [4.69, 9.17) is 5.11 Å². The quantitative estimate of drug-likeness (QED) is 0.764. The molecule has 1 fully saturated rings. The second-order valence-electron chi connectivity index (χ2n) is 5.37. The third kappa shape index (κ3) is 3.94. The summed E-state index contributed by atoms with van der Waals surface area (Å²) in [7, 11) is 0. The highest BCUT2D eigenvalue weighted by Crippen LogP contribution is 2.32. The first-order chi connectivity index (χ1) is 9.51. The van der Waals surface area contributed by atoms with Gasteiger partial charge in [-0.3, -0.25) is 9.59 Å². The standard InChI is InChI=1S/C15H18INO3/c16-12-6-2-1-5-11(12)9-13(18)17-15(10-14(19)20)7-3-4-8-15/h1-2,5-6H,3-4,7-10H2,(H,17,18)(H,19,20). The summed E-state index contributed by atoms with van der Waals surface area (Å²) in [5, 5.41) is 12.0. The molecule has 1 aromatic rings. The van der Waals surface area contributed by atoms with E-state index in [2.05, 4.69) is 27.9 Å². The molecule has 0 heterocycles. The summed E-state index contributed by atoms with van der Waals surface area (Å²) >= 11 is 2.21. The first-order valence-corrected chi connectivity index (χ1v) is 7.85. The minimum Gasteiger partial charge on any atom is -0.481 e. The second-order valence-corrected chi connectivity index (χ2v) is 6.54. The number of rotatable bonds is 5. The molecule has 0 radical (unpaired) electrons. The van der Waals surface area contributed by atoms with Crippen LogP contribution in [0.15, 0.2) is 24.3 Å². The third-order valence-corrected chi connectivity index (χ3v) is 4.82. The van der Waals surface area contributed by atoms with Crippen molar-refractivity contribution in [2.24, 2.45) is 0 Å². The van der Waals surface area contributed by atoms with E-state index < -0.39 is 11.5 Å². The average Bonchev–Trinajstić information content (AvgIpc) is 2.79. The average molecular weight is 387 g/mol. The maximum Gasteiger partial charge on any atom is 0.305 e. The zero-order chi connectivity index (χ0) is 14.6. The molecular weight excluding hydrogens is 369 g/mol. The van der Waals surface area contributed by atoms with Crippen molar-refractivity contribution in [3.05, 3.63) is 33.4 Å². The number of hydrogen-bond donors (Lipinski definition) is 2. The number of carbonyl (C=O) groups excluding carboxylic acids is 1. The normalized spacial score (nSPS) is 16.9. The number of carboxylic acids is 1. The number of carboxylic acid groups (broad SMARTS) is 1. The molecule has 20 heavy (non-hydrogen) atoms. The number of carbonyl (C=O) groups is 2. The molecule has 1 aliphatic rings. The lowest BCUT2D eigenvalue weighted by atomic mass is 9.92. The predicted molar refractivity (Wildman–Crippen MR) is 84.5 cm³/mol. The van der Waals surface area contributed by atoms with E-state index in [9.17, 15) is 9.59 Å².